The predicted molar refractivity (Wildman–Crippen MR) is 77.9 cm³/mol. The van der Waals surface area contributed by atoms with Crippen molar-refractivity contribution in [1.29, 1.82) is 0 Å². The lowest BCUT2D eigenvalue weighted by Crippen LogP contribution is -2.63. The van der Waals surface area contributed by atoms with Gasteiger partial charge in [-0.15, -0.1) is 0 Å². The molecule has 5 atom stereocenters. The topological polar surface area (TPSA) is 150 Å². The summed E-state index contributed by atoms with van der Waals surface area (Å²) in [5.74, 6) is -2.04. The van der Waals surface area contributed by atoms with Crippen molar-refractivity contribution in [2.75, 3.05) is 13.7 Å². The molecule has 0 aromatic carbocycles. The minimum Gasteiger partial charge on any atom is -0.463 e. The minimum absolute atomic E-state index is 0.321. The Kier molecular flexibility index (Phi) is 7.58. The van der Waals surface area contributed by atoms with E-state index in [4.69, 9.17) is 34.2 Å². The monoisotopic (exact) mass is 363 g/mol. The molecule has 1 saturated heterocycles. The highest BCUT2D eigenvalue weighted by atomic mass is 16.7. The van der Waals surface area contributed by atoms with Gasteiger partial charge < -0.3 is 34.2 Å². The van der Waals surface area contributed by atoms with Crippen LogP contribution in [0.25, 0.3) is 0 Å². The zero-order valence-electron chi connectivity index (χ0n) is 14.3. The van der Waals surface area contributed by atoms with Crippen LogP contribution in [0.2, 0.25) is 0 Å². The maximum Gasteiger partial charge on any atom is 0.405 e. The molecule has 0 bridgehead atoms. The van der Waals surface area contributed by atoms with Gasteiger partial charge in [-0.1, -0.05) is 0 Å². The van der Waals surface area contributed by atoms with Gasteiger partial charge in [-0.3, -0.25) is 14.4 Å². The lowest BCUT2D eigenvalue weighted by atomic mass is 9.98. The Labute approximate surface area is 143 Å². The highest BCUT2D eigenvalue weighted by Gasteiger charge is 2.52. The molecule has 11 heteroatoms. The van der Waals surface area contributed by atoms with Crippen LogP contribution < -0.4 is 5.73 Å². The summed E-state index contributed by atoms with van der Waals surface area (Å²) in [5.41, 5.74) is 5.05. The molecule has 0 saturated carbocycles. The van der Waals surface area contributed by atoms with Gasteiger partial charge in [0.15, 0.2) is 24.6 Å². The smallest absolute Gasteiger partial charge is 0.405 e. The van der Waals surface area contributed by atoms with Crippen molar-refractivity contribution >= 4 is 24.0 Å². The van der Waals surface area contributed by atoms with Crippen LogP contribution in [0.5, 0.6) is 0 Å². The van der Waals surface area contributed by atoms with E-state index in [1.807, 2.05) is 0 Å². The largest absolute Gasteiger partial charge is 0.463 e. The first-order valence-corrected chi connectivity index (χ1v) is 7.27. The maximum absolute atomic E-state index is 11.4. The Morgan fingerprint density at radius 2 is 1.44 bits per heavy atom. The normalized spacial score (nSPS) is 28.6. The Hall–Kier alpha value is -2.40. The van der Waals surface area contributed by atoms with Crippen molar-refractivity contribution in [1.82, 2.24) is 0 Å². The molecule has 25 heavy (non-hydrogen) atoms. The average molecular weight is 363 g/mol. The molecule has 0 aromatic heterocycles. The highest BCUT2D eigenvalue weighted by Crippen LogP contribution is 2.29. The number of nitrogens with two attached hydrogens (primary N) is 1. The van der Waals surface area contributed by atoms with Crippen LogP contribution >= 0.6 is 0 Å². The number of esters is 3. The zero-order valence-corrected chi connectivity index (χ0v) is 14.3. The molecule has 2 N–H and O–H groups in total. The van der Waals surface area contributed by atoms with Crippen LogP contribution in [0, 0.1) is 0 Å². The van der Waals surface area contributed by atoms with Gasteiger partial charge in [-0.05, 0) is 0 Å². The van der Waals surface area contributed by atoms with E-state index in [9.17, 15) is 19.2 Å². The summed E-state index contributed by atoms with van der Waals surface area (Å²) in [5, 5.41) is 0. The fourth-order valence-corrected chi connectivity index (χ4v) is 2.32. The SMILES string of the molecule is COC1OC(COC(C)=O)C(OC(C)=O)C(OC(N)=O)C1OC(C)=O. The van der Waals surface area contributed by atoms with Crippen molar-refractivity contribution < 1.29 is 47.6 Å². The van der Waals surface area contributed by atoms with E-state index >= 15 is 0 Å². The number of hydrogen-bond donors (Lipinski definition) is 1. The number of methoxy groups -OCH3 is 1. The molecule has 142 valence electrons. The van der Waals surface area contributed by atoms with Gasteiger partial charge in [0.25, 0.3) is 0 Å². The van der Waals surface area contributed by atoms with Crippen LogP contribution in [-0.4, -0.2) is 68.4 Å². The molecule has 0 spiro atoms. The second-order valence-electron chi connectivity index (χ2n) is 5.13. The molecule has 11 nitrogen and oxygen atoms in total. The van der Waals surface area contributed by atoms with Gasteiger partial charge >= 0.3 is 24.0 Å². The van der Waals surface area contributed by atoms with Gasteiger partial charge in [0.1, 0.15) is 12.7 Å². The molecule has 1 heterocycles. The second-order valence-corrected chi connectivity index (χ2v) is 5.13. The Morgan fingerprint density at radius 3 is 1.88 bits per heavy atom. The van der Waals surface area contributed by atoms with E-state index in [1.165, 1.54) is 14.0 Å². The Balaban J connectivity index is 3.18. The van der Waals surface area contributed by atoms with Gasteiger partial charge in [-0.25, -0.2) is 4.79 Å². The van der Waals surface area contributed by atoms with E-state index in [2.05, 4.69) is 0 Å². The number of ether oxygens (including phenoxy) is 6. The van der Waals surface area contributed by atoms with Gasteiger partial charge in [0.2, 0.25) is 0 Å². The van der Waals surface area contributed by atoms with Crippen LogP contribution in [-0.2, 0) is 42.8 Å². The first-order chi connectivity index (χ1) is 11.6. The first-order valence-electron chi connectivity index (χ1n) is 7.27. The second kappa shape index (κ2) is 9.18. The predicted octanol–water partition coefficient (Wildman–Crippen LogP) is -0.752. The molecule has 0 aliphatic carbocycles. The average Bonchev–Trinajstić information content (AvgIpc) is 2.48. The van der Waals surface area contributed by atoms with E-state index < -0.39 is 54.7 Å². The third-order valence-corrected chi connectivity index (χ3v) is 3.13. The molecule has 0 radical (unpaired) electrons. The standard InChI is InChI=1S/C14H21NO10/c1-6(16)21-5-9-10(22-7(2)17)11(25-14(15)19)12(23-8(3)18)13(20-4)24-9/h9-13H,5H2,1-4H3,(H2,15,19). The molecule has 5 unspecified atom stereocenters. The van der Waals surface area contributed by atoms with Crippen molar-refractivity contribution in [2.24, 2.45) is 5.73 Å². The van der Waals surface area contributed by atoms with E-state index in [0.29, 0.717) is 0 Å². The summed E-state index contributed by atoms with van der Waals surface area (Å²) < 4.78 is 30.7. The Morgan fingerprint density at radius 1 is 0.880 bits per heavy atom. The zero-order chi connectivity index (χ0) is 19.1. The fraction of sp³-hybridized carbons (Fsp3) is 0.714. The Bertz CT molecular complexity index is 522. The number of amides is 1. The first kappa shape index (κ1) is 20.6. The lowest BCUT2D eigenvalue weighted by Gasteiger charge is -2.43. The molecule has 1 aliphatic rings. The molecule has 1 aliphatic heterocycles. The number of carbonyl (C=O) groups is 4. The number of carbonyl (C=O) groups excluding carboxylic acids is 4. The molecular weight excluding hydrogens is 342 g/mol. The van der Waals surface area contributed by atoms with Gasteiger partial charge in [0, 0.05) is 27.9 Å². The molecule has 1 rings (SSSR count). The van der Waals surface area contributed by atoms with Crippen molar-refractivity contribution in [3.63, 3.8) is 0 Å². The third kappa shape index (κ3) is 6.19. The molecule has 1 amide bonds. The summed E-state index contributed by atoms with van der Waals surface area (Å²) in [6.45, 7) is 3.10. The molecule has 0 aromatic rings. The summed E-state index contributed by atoms with van der Waals surface area (Å²) >= 11 is 0. The molecule has 1 fully saturated rings. The van der Waals surface area contributed by atoms with Gasteiger partial charge in [-0.2, -0.15) is 0 Å². The quantitative estimate of drug-likeness (QED) is 0.471. The molecular formula is C14H21NO10. The van der Waals surface area contributed by atoms with Crippen LogP contribution in [0.15, 0.2) is 0 Å². The van der Waals surface area contributed by atoms with Crippen LogP contribution in [0.4, 0.5) is 4.79 Å². The fourth-order valence-electron chi connectivity index (χ4n) is 2.32. The number of rotatable bonds is 6. The number of primary amides is 1. The van der Waals surface area contributed by atoms with E-state index in [1.54, 1.807) is 0 Å². The van der Waals surface area contributed by atoms with E-state index in [-0.39, 0.29) is 6.61 Å². The van der Waals surface area contributed by atoms with Gasteiger partial charge in [0.05, 0.1) is 0 Å². The minimum atomic E-state index is -1.33. The van der Waals surface area contributed by atoms with Crippen molar-refractivity contribution in [3.8, 4) is 0 Å². The van der Waals surface area contributed by atoms with Crippen LogP contribution in [0.1, 0.15) is 20.8 Å². The maximum atomic E-state index is 11.4. The van der Waals surface area contributed by atoms with E-state index in [0.717, 1.165) is 13.8 Å². The van der Waals surface area contributed by atoms with Crippen LogP contribution in [0.3, 0.4) is 0 Å². The summed E-state index contributed by atoms with van der Waals surface area (Å²) in [6.07, 6.45) is -7.26. The number of hydrogen-bond acceptors (Lipinski definition) is 10. The lowest BCUT2D eigenvalue weighted by molar-refractivity contribution is -0.299. The summed E-state index contributed by atoms with van der Waals surface area (Å²) in [4.78, 5) is 45.1. The third-order valence-electron chi connectivity index (χ3n) is 3.13. The van der Waals surface area contributed by atoms with Crippen molar-refractivity contribution in [2.45, 2.75) is 51.5 Å². The van der Waals surface area contributed by atoms with Crippen molar-refractivity contribution in [3.05, 3.63) is 0 Å². The summed E-state index contributed by atoms with van der Waals surface area (Å²) in [7, 11) is 1.26. The highest BCUT2D eigenvalue weighted by molar-refractivity contribution is 5.68. The summed E-state index contributed by atoms with van der Waals surface area (Å²) in [6, 6.07) is 0.